The summed E-state index contributed by atoms with van der Waals surface area (Å²) in [6.07, 6.45) is 1.67. The van der Waals surface area contributed by atoms with E-state index in [-0.39, 0.29) is 72.1 Å². The standard InChI is InChI=1S/C35H35ClN10O9S/c36-22-3-8-30(46-19-37-43-44-46)27(18-22)41-32(49)33(50)42-28(31(48)38-24-6-7-26-21(16-24)17-29(40-26)34(51)52)15-20-1-4-23(5-2-20)39-35(53)45(11-12-47)25-9-13-56(54,55)14-10-25/h1-8,16-19,25,28,40,47H,9-15H2,(H,38,48)(H,39,53)(H,41,49)(H,42,50)(H,51,52)/t28-/m0/s1. The molecule has 0 radical (unpaired) electrons. The van der Waals surface area contributed by atoms with E-state index in [4.69, 9.17) is 11.6 Å². The zero-order valence-electron chi connectivity index (χ0n) is 29.3. The predicted molar refractivity (Wildman–Crippen MR) is 203 cm³/mol. The summed E-state index contributed by atoms with van der Waals surface area (Å²) >= 11 is 6.15. The molecule has 56 heavy (non-hydrogen) atoms. The molecular weight excluding hydrogens is 772 g/mol. The number of carboxylic acid groups (broad SMARTS) is 1. The maximum absolute atomic E-state index is 13.8. The maximum atomic E-state index is 13.8. The molecule has 292 valence electrons. The largest absolute Gasteiger partial charge is 0.477 e. The minimum absolute atomic E-state index is 0.00667. The van der Waals surface area contributed by atoms with Crippen molar-refractivity contribution in [1.82, 2.24) is 35.4 Å². The van der Waals surface area contributed by atoms with Crippen molar-refractivity contribution in [2.24, 2.45) is 0 Å². The van der Waals surface area contributed by atoms with E-state index in [2.05, 4.69) is 41.8 Å². The van der Waals surface area contributed by atoms with Gasteiger partial charge < -0.3 is 41.4 Å². The molecule has 5 aromatic rings. The molecular formula is C35H35ClN10O9S. The molecule has 7 N–H and O–H groups in total. The Morgan fingerprint density at radius 1 is 0.929 bits per heavy atom. The number of amides is 5. The molecule has 1 aliphatic heterocycles. The number of carbonyl (C=O) groups excluding carboxylic acids is 4. The van der Waals surface area contributed by atoms with Gasteiger partial charge in [-0.2, -0.15) is 4.68 Å². The normalized spacial score (nSPS) is 14.4. The van der Waals surface area contributed by atoms with Crippen LogP contribution in [0.15, 0.2) is 73.1 Å². The third-order valence-electron chi connectivity index (χ3n) is 8.96. The third-order valence-corrected chi connectivity index (χ3v) is 10.9. The van der Waals surface area contributed by atoms with Crippen LogP contribution in [0.4, 0.5) is 21.9 Å². The number of rotatable bonds is 12. The van der Waals surface area contributed by atoms with Crippen LogP contribution in [0, 0.1) is 0 Å². The van der Waals surface area contributed by atoms with Crippen molar-refractivity contribution in [3.8, 4) is 5.69 Å². The lowest BCUT2D eigenvalue weighted by Gasteiger charge is -2.33. The molecule has 5 amide bonds. The van der Waals surface area contributed by atoms with Gasteiger partial charge in [-0.1, -0.05) is 23.7 Å². The highest BCUT2D eigenvalue weighted by molar-refractivity contribution is 7.91. The number of hydrogen-bond acceptors (Lipinski definition) is 11. The van der Waals surface area contributed by atoms with Crippen molar-refractivity contribution >= 4 is 79.1 Å². The predicted octanol–water partition coefficient (Wildman–Crippen LogP) is 2.20. The Kier molecular flexibility index (Phi) is 11.9. The molecule has 21 heteroatoms. The van der Waals surface area contributed by atoms with Crippen molar-refractivity contribution in [2.45, 2.75) is 31.3 Å². The van der Waals surface area contributed by atoms with E-state index in [9.17, 15) is 42.6 Å². The van der Waals surface area contributed by atoms with Crippen LogP contribution in [0.25, 0.3) is 16.6 Å². The molecule has 3 heterocycles. The number of anilines is 3. The number of hydrogen-bond donors (Lipinski definition) is 7. The average Bonchev–Trinajstić information content (AvgIpc) is 3.85. The monoisotopic (exact) mass is 806 g/mol. The number of sulfone groups is 1. The third kappa shape index (κ3) is 9.64. The van der Waals surface area contributed by atoms with Crippen LogP contribution >= 0.6 is 11.6 Å². The van der Waals surface area contributed by atoms with Gasteiger partial charge in [-0.25, -0.2) is 18.0 Å². The van der Waals surface area contributed by atoms with Crippen LogP contribution in [-0.4, -0.2) is 115 Å². The Morgan fingerprint density at radius 3 is 2.34 bits per heavy atom. The number of aromatic nitrogens is 5. The fourth-order valence-corrected chi connectivity index (χ4v) is 7.79. The van der Waals surface area contributed by atoms with Crippen LogP contribution in [-0.2, 0) is 30.6 Å². The van der Waals surface area contributed by atoms with Crippen LogP contribution < -0.4 is 21.3 Å². The Balaban J connectivity index is 1.18. The highest BCUT2D eigenvalue weighted by Gasteiger charge is 2.31. The number of fused-ring (bicyclic) bond motifs is 1. The van der Waals surface area contributed by atoms with Crippen molar-refractivity contribution in [3.05, 3.63) is 89.3 Å². The van der Waals surface area contributed by atoms with Gasteiger partial charge in [0.2, 0.25) is 5.91 Å². The lowest BCUT2D eigenvalue weighted by Crippen LogP contribution is -2.49. The summed E-state index contributed by atoms with van der Waals surface area (Å²) in [5.74, 6) is -4.26. The van der Waals surface area contributed by atoms with Gasteiger partial charge in [0.15, 0.2) is 0 Å². The highest BCUT2D eigenvalue weighted by Crippen LogP contribution is 2.25. The van der Waals surface area contributed by atoms with Gasteiger partial charge in [-0.3, -0.25) is 14.4 Å². The molecule has 6 rings (SSSR count). The van der Waals surface area contributed by atoms with E-state index in [0.29, 0.717) is 27.8 Å². The minimum atomic E-state index is -3.17. The number of aliphatic hydroxyl groups excluding tert-OH is 1. The highest BCUT2D eigenvalue weighted by atomic mass is 35.5. The number of halogens is 1. The molecule has 1 fully saturated rings. The number of aromatic amines is 1. The van der Waals surface area contributed by atoms with E-state index >= 15 is 0 Å². The van der Waals surface area contributed by atoms with Gasteiger partial charge in [0.05, 0.1) is 29.5 Å². The molecule has 1 atom stereocenters. The Morgan fingerprint density at radius 2 is 1.66 bits per heavy atom. The number of aliphatic hydroxyl groups is 1. The lowest BCUT2D eigenvalue weighted by atomic mass is 10.0. The second kappa shape index (κ2) is 17.0. The van der Waals surface area contributed by atoms with Gasteiger partial charge >= 0.3 is 23.8 Å². The number of tetrazole rings is 1. The number of H-pyrrole nitrogens is 1. The Bertz CT molecular complexity index is 2370. The van der Waals surface area contributed by atoms with Crippen molar-refractivity contribution in [3.63, 3.8) is 0 Å². The fourth-order valence-electron chi connectivity index (χ4n) is 6.15. The second-order valence-corrected chi connectivity index (χ2v) is 15.5. The zero-order chi connectivity index (χ0) is 40.0. The molecule has 0 unspecified atom stereocenters. The van der Waals surface area contributed by atoms with Crippen molar-refractivity contribution in [1.29, 1.82) is 0 Å². The number of aromatic carboxylic acids is 1. The zero-order valence-corrected chi connectivity index (χ0v) is 30.9. The summed E-state index contributed by atoms with van der Waals surface area (Å²) in [7, 11) is -3.17. The molecule has 1 saturated heterocycles. The minimum Gasteiger partial charge on any atom is -0.477 e. The summed E-state index contributed by atoms with van der Waals surface area (Å²) in [6, 6.07) is 14.7. The second-order valence-electron chi connectivity index (χ2n) is 12.8. The van der Waals surface area contributed by atoms with E-state index in [1.807, 2.05) is 0 Å². The van der Waals surface area contributed by atoms with Gasteiger partial charge in [0.1, 0.15) is 27.9 Å². The summed E-state index contributed by atoms with van der Waals surface area (Å²) in [6.45, 7) is -0.308. The number of carbonyl (C=O) groups is 5. The van der Waals surface area contributed by atoms with Crippen LogP contribution in [0.1, 0.15) is 28.9 Å². The van der Waals surface area contributed by atoms with E-state index < -0.39 is 45.6 Å². The van der Waals surface area contributed by atoms with Crippen LogP contribution in [0.2, 0.25) is 5.02 Å². The lowest BCUT2D eigenvalue weighted by molar-refractivity contribution is -0.137. The first-order valence-corrected chi connectivity index (χ1v) is 19.3. The van der Waals surface area contributed by atoms with Crippen LogP contribution in [0.3, 0.4) is 0 Å². The van der Waals surface area contributed by atoms with E-state index in [0.717, 1.165) is 0 Å². The molecule has 2 aromatic heterocycles. The smallest absolute Gasteiger partial charge is 0.352 e. The SMILES string of the molecule is O=C(Nc1cc(Cl)ccc1-n1cnnn1)C(=O)N[C@@H](Cc1ccc(NC(=O)N(CCO)C2CCS(=O)(=O)CC2)cc1)C(=O)Nc1ccc2[nH]c(C(=O)O)cc2c1. The summed E-state index contributed by atoms with van der Waals surface area (Å²) in [4.78, 5) is 69.1. The number of nitrogens with one attached hydrogen (secondary N) is 5. The molecule has 0 saturated carbocycles. The van der Waals surface area contributed by atoms with E-state index in [1.54, 1.807) is 36.4 Å². The molecule has 3 aromatic carbocycles. The molecule has 0 bridgehead atoms. The van der Waals surface area contributed by atoms with Gasteiger partial charge in [-0.15, -0.1) is 5.10 Å². The first-order chi connectivity index (χ1) is 26.8. The van der Waals surface area contributed by atoms with Gasteiger partial charge in [0.25, 0.3) is 0 Å². The summed E-state index contributed by atoms with van der Waals surface area (Å²) in [5.41, 5.74) is 2.06. The Hall–Kier alpha value is -6.38. The molecule has 0 aliphatic carbocycles. The maximum Gasteiger partial charge on any atom is 0.352 e. The number of benzene rings is 3. The van der Waals surface area contributed by atoms with Gasteiger partial charge in [-0.05, 0) is 83.4 Å². The average molecular weight is 807 g/mol. The van der Waals surface area contributed by atoms with Gasteiger partial charge in [0, 0.05) is 46.3 Å². The van der Waals surface area contributed by atoms with E-state index in [1.165, 1.54) is 46.2 Å². The quantitative estimate of drug-likeness (QED) is 0.0895. The molecule has 1 aliphatic rings. The number of urea groups is 1. The number of nitrogens with zero attached hydrogens (tertiary/aromatic N) is 5. The summed E-state index contributed by atoms with van der Waals surface area (Å²) in [5, 5.41) is 41.1. The number of carboxylic acids is 1. The molecule has 19 nitrogen and oxygen atoms in total. The first kappa shape index (κ1) is 39.3. The van der Waals surface area contributed by atoms with Crippen LogP contribution in [0.5, 0.6) is 0 Å². The first-order valence-electron chi connectivity index (χ1n) is 17.1. The summed E-state index contributed by atoms with van der Waals surface area (Å²) < 4.78 is 25.1. The topological polar surface area (TPSA) is 271 Å². The molecule has 0 spiro atoms. The van der Waals surface area contributed by atoms with Crippen molar-refractivity contribution < 1.29 is 42.6 Å². The van der Waals surface area contributed by atoms with Crippen molar-refractivity contribution in [2.75, 3.05) is 40.6 Å². The fraction of sp³-hybridized carbons (Fsp3) is 0.257. The Labute approximate surface area is 323 Å².